The predicted molar refractivity (Wildman–Crippen MR) is 68.6 cm³/mol. The van der Waals surface area contributed by atoms with E-state index in [1.807, 2.05) is 6.07 Å². The quantitative estimate of drug-likeness (QED) is 0.837. The maximum Gasteiger partial charge on any atom is 0.121 e. The van der Waals surface area contributed by atoms with Crippen LogP contribution in [0.3, 0.4) is 0 Å². The van der Waals surface area contributed by atoms with Crippen molar-refractivity contribution in [3.63, 3.8) is 0 Å². The molecule has 0 bridgehead atoms. The number of rotatable bonds is 5. The zero-order chi connectivity index (χ0) is 12.1. The lowest BCUT2D eigenvalue weighted by Gasteiger charge is -2.34. The summed E-state index contributed by atoms with van der Waals surface area (Å²) < 4.78 is 5.35. The molecule has 0 unspecified atom stereocenters. The van der Waals surface area contributed by atoms with E-state index in [0.717, 1.165) is 25.4 Å². The molecule has 1 aliphatic heterocycles. The molecule has 4 heteroatoms. The Hall–Kier alpha value is -0.840. The maximum atomic E-state index is 5.64. The monoisotopic (exact) mass is 237 g/mol. The third-order valence-corrected chi connectivity index (χ3v) is 3.42. The summed E-state index contributed by atoms with van der Waals surface area (Å²) in [6.45, 7) is 9.61. The lowest BCUT2D eigenvalue weighted by atomic mass is 10.2. The van der Waals surface area contributed by atoms with E-state index >= 15 is 0 Å². The smallest absolute Gasteiger partial charge is 0.121 e. The van der Waals surface area contributed by atoms with Crippen molar-refractivity contribution in [1.82, 2.24) is 9.80 Å². The van der Waals surface area contributed by atoms with Gasteiger partial charge < -0.3 is 15.1 Å². The van der Waals surface area contributed by atoms with Crippen LogP contribution in [0.5, 0.6) is 0 Å². The second-order valence-electron chi connectivity index (χ2n) is 4.69. The topological polar surface area (TPSA) is 45.6 Å². The normalized spacial score (nSPS) is 18.7. The molecule has 1 fully saturated rings. The fourth-order valence-corrected chi connectivity index (χ4v) is 2.42. The van der Waals surface area contributed by atoms with E-state index in [1.165, 1.54) is 31.6 Å². The van der Waals surface area contributed by atoms with Gasteiger partial charge in [-0.15, -0.1) is 0 Å². The second-order valence-corrected chi connectivity index (χ2v) is 4.69. The molecule has 0 aliphatic carbocycles. The van der Waals surface area contributed by atoms with Crippen molar-refractivity contribution in [2.24, 2.45) is 5.73 Å². The van der Waals surface area contributed by atoms with Gasteiger partial charge in [-0.05, 0) is 19.0 Å². The summed E-state index contributed by atoms with van der Waals surface area (Å²) in [6.07, 6.45) is 2.99. The Morgan fingerprint density at radius 3 is 2.59 bits per heavy atom. The van der Waals surface area contributed by atoms with E-state index in [4.69, 9.17) is 10.2 Å². The van der Waals surface area contributed by atoms with Gasteiger partial charge in [-0.3, -0.25) is 4.90 Å². The summed E-state index contributed by atoms with van der Waals surface area (Å²) in [5.41, 5.74) is 6.89. The van der Waals surface area contributed by atoms with Crippen LogP contribution in [0.2, 0.25) is 0 Å². The molecule has 4 nitrogen and oxygen atoms in total. The van der Waals surface area contributed by atoms with Gasteiger partial charge in [0, 0.05) is 38.3 Å². The molecule has 1 aliphatic rings. The van der Waals surface area contributed by atoms with Crippen molar-refractivity contribution in [2.75, 3.05) is 32.7 Å². The van der Waals surface area contributed by atoms with Gasteiger partial charge in [-0.2, -0.15) is 0 Å². The van der Waals surface area contributed by atoms with E-state index in [9.17, 15) is 0 Å². The van der Waals surface area contributed by atoms with E-state index in [1.54, 1.807) is 6.26 Å². The minimum absolute atomic E-state index is 0.498. The zero-order valence-corrected chi connectivity index (χ0v) is 10.7. The Morgan fingerprint density at radius 1 is 1.24 bits per heavy atom. The summed E-state index contributed by atoms with van der Waals surface area (Å²) in [4.78, 5) is 5.02. The van der Waals surface area contributed by atoms with Crippen LogP contribution in [0.4, 0.5) is 0 Å². The van der Waals surface area contributed by atoms with Gasteiger partial charge in [-0.25, -0.2) is 0 Å². The van der Waals surface area contributed by atoms with Crippen molar-refractivity contribution in [1.29, 1.82) is 0 Å². The SMILES string of the molecule is CCCN1CCN(Cc2ccoc2CN)CC1. The average molecular weight is 237 g/mol. The maximum absolute atomic E-state index is 5.64. The van der Waals surface area contributed by atoms with Crippen LogP contribution >= 0.6 is 0 Å². The molecule has 1 saturated heterocycles. The molecule has 1 aromatic rings. The summed E-state index contributed by atoms with van der Waals surface area (Å²) in [7, 11) is 0. The molecule has 17 heavy (non-hydrogen) atoms. The van der Waals surface area contributed by atoms with Gasteiger partial charge in [-0.1, -0.05) is 6.92 Å². The molecule has 0 spiro atoms. The number of hydrogen-bond donors (Lipinski definition) is 1. The van der Waals surface area contributed by atoms with Crippen molar-refractivity contribution < 1.29 is 4.42 Å². The predicted octanol–water partition coefficient (Wildman–Crippen LogP) is 1.27. The summed E-state index contributed by atoms with van der Waals surface area (Å²) in [5.74, 6) is 0.931. The van der Waals surface area contributed by atoms with Crippen molar-refractivity contribution >= 4 is 0 Å². The van der Waals surface area contributed by atoms with Gasteiger partial charge >= 0.3 is 0 Å². The fourth-order valence-electron chi connectivity index (χ4n) is 2.42. The van der Waals surface area contributed by atoms with Crippen molar-refractivity contribution in [3.05, 3.63) is 23.7 Å². The number of hydrogen-bond acceptors (Lipinski definition) is 4. The highest BCUT2D eigenvalue weighted by Crippen LogP contribution is 2.14. The van der Waals surface area contributed by atoms with Crippen LogP contribution in [0.1, 0.15) is 24.7 Å². The lowest BCUT2D eigenvalue weighted by Crippen LogP contribution is -2.46. The first kappa shape index (κ1) is 12.6. The van der Waals surface area contributed by atoms with E-state index in [2.05, 4.69) is 16.7 Å². The number of piperazine rings is 1. The summed E-state index contributed by atoms with van der Waals surface area (Å²) >= 11 is 0. The first-order chi connectivity index (χ1) is 8.33. The summed E-state index contributed by atoms with van der Waals surface area (Å²) in [5, 5.41) is 0. The molecule has 2 heterocycles. The van der Waals surface area contributed by atoms with Gasteiger partial charge in [0.1, 0.15) is 5.76 Å². The lowest BCUT2D eigenvalue weighted by molar-refractivity contribution is 0.127. The van der Waals surface area contributed by atoms with Gasteiger partial charge in [0.25, 0.3) is 0 Å². The molecule has 96 valence electrons. The first-order valence-corrected chi connectivity index (χ1v) is 6.53. The van der Waals surface area contributed by atoms with Gasteiger partial charge in [0.15, 0.2) is 0 Å². The number of nitrogens with zero attached hydrogens (tertiary/aromatic N) is 2. The summed E-state index contributed by atoms with van der Waals surface area (Å²) in [6, 6.07) is 2.04. The van der Waals surface area contributed by atoms with Gasteiger partial charge in [0.05, 0.1) is 12.8 Å². The largest absolute Gasteiger partial charge is 0.468 e. The molecule has 0 aromatic carbocycles. The van der Waals surface area contributed by atoms with Crippen molar-refractivity contribution in [3.8, 4) is 0 Å². The molecular formula is C13H23N3O. The molecule has 0 amide bonds. The zero-order valence-electron chi connectivity index (χ0n) is 10.7. The van der Waals surface area contributed by atoms with Gasteiger partial charge in [0.2, 0.25) is 0 Å². The minimum atomic E-state index is 0.498. The standard InChI is InChI=1S/C13H23N3O/c1-2-4-15-5-7-16(8-6-15)11-12-3-9-17-13(12)10-14/h3,9H,2,4-8,10-11,14H2,1H3. The Kier molecular flexibility index (Phi) is 4.59. The Bertz CT molecular complexity index is 329. The van der Waals surface area contributed by atoms with Crippen LogP contribution < -0.4 is 5.73 Å². The Balaban J connectivity index is 1.82. The van der Waals surface area contributed by atoms with Crippen LogP contribution in [0.25, 0.3) is 0 Å². The van der Waals surface area contributed by atoms with Crippen LogP contribution in [-0.4, -0.2) is 42.5 Å². The van der Waals surface area contributed by atoms with E-state index < -0.39 is 0 Å². The molecular weight excluding hydrogens is 214 g/mol. The van der Waals surface area contributed by atoms with E-state index in [0.29, 0.717) is 6.54 Å². The highest BCUT2D eigenvalue weighted by molar-refractivity contribution is 5.16. The molecule has 0 radical (unpaired) electrons. The molecule has 0 saturated carbocycles. The van der Waals surface area contributed by atoms with Crippen LogP contribution in [0.15, 0.2) is 16.7 Å². The molecule has 2 N–H and O–H groups in total. The van der Waals surface area contributed by atoms with Crippen LogP contribution in [0, 0.1) is 0 Å². The highest BCUT2D eigenvalue weighted by atomic mass is 16.3. The fraction of sp³-hybridized carbons (Fsp3) is 0.692. The highest BCUT2D eigenvalue weighted by Gasteiger charge is 2.17. The molecule has 1 aromatic heterocycles. The van der Waals surface area contributed by atoms with Crippen molar-refractivity contribution in [2.45, 2.75) is 26.4 Å². The molecule has 0 atom stereocenters. The third kappa shape index (κ3) is 3.31. The Morgan fingerprint density at radius 2 is 1.94 bits per heavy atom. The minimum Gasteiger partial charge on any atom is -0.468 e. The second kappa shape index (κ2) is 6.19. The van der Waals surface area contributed by atoms with Crippen LogP contribution in [-0.2, 0) is 13.1 Å². The number of nitrogens with two attached hydrogens (primary N) is 1. The number of furan rings is 1. The average Bonchev–Trinajstić information content (AvgIpc) is 2.79. The van der Waals surface area contributed by atoms with E-state index in [-0.39, 0.29) is 0 Å². The third-order valence-electron chi connectivity index (χ3n) is 3.42. The first-order valence-electron chi connectivity index (χ1n) is 6.53. The Labute approximate surface area is 103 Å². The molecule has 2 rings (SSSR count).